The molecule has 0 bridgehead atoms. The second kappa shape index (κ2) is 5.17. The third-order valence-electron chi connectivity index (χ3n) is 2.86. The van der Waals surface area contributed by atoms with Crippen LogP contribution < -0.4 is 0 Å². The van der Waals surface area contributed by atoms with E-state index in [2.05, 4.69) is 22.6 Å². The lowest BCUT2D eigenvalue weighted by Gasteiger charge is -2.27. The summed E-state index contributed by atoms with van der Waals surface area (Å²) in [5.74, 6) is 0.668. The number of rotatable bonds is 2. The summed E-state index contributed by atoms with van der Waals surface area (Å²) in [7, 11) is 1.90. The molecule has 1 rings (SSSR count). The van der Waals surface area contributed by atoms with E-state index in [-0.39, 0.29) is 0 Å². The monoisotopic (exact) mass is 295 g/mol. The van der Waals surface area contributed by atoms with Gasteiger partial charge in [-0.05, 0) is 32.6 Å². The van der Waals surface area contributed by atoms with Crippen molar-refractivity contribution in [2.45, 2.75) is 36.5 Å². The van der Waals surface area contributed by atoms with Crippen LogP contribution in [0.4, 0.5) is 0 Å². The summed E-state index contributed by atoms with van der Waals surface area (Å²) in [4.78, 5) is 13.6. The van der Waals surface area contributed by atoms with Gasteiger partial charge in [0, 0.05) is 23.4 Å². The van der Waals surface area contributed by atoms with Crippen molar-refractivity contribution >= 4 is 28.5 Å². The number of nitrogens with zero attached hydrogens (tertiary/aromatic N) is 1. The Morgan fingerprint density at radius 3 is 2.38 bits per heavy atom. The molecule has 0 aromatic heterocycles. The zero-order valence-corrected chi connectivity index (χ0v) is 10.6. The van der Waals surface area contributed by atoms with E-state index in [9.17, 15) is 4.79 Å². The molecule has 0 spiro atoms. The lowest BCUT2D eigenvalue weighted by atomic mass is 9.88. The number of halogens is 1. The zero-order chi connectivity index (χ0) is 9.84. The molecule has 3 heteroatoms. The highest BCUT2D eigenvalue weighted by atomic mass is 127. The number of carbonyl (C=O) groups excluding carboxylic acids is 1. The van der Waals surface area contributed by atoms with Gasteiger partial charge in [-0.3, -0.25) is 4.79 Å². The standard InChI is InChI=1S/C10H18INO/c1-3-12(2)10(13)8-4-6-9(11)7-5-8/h8-9H,3-7H2,1-2H3. The number of amides is 1. The Hall–Kier alpha value is 0.200. The van der Waals surface area contributed by atoms with Gasteiger partial charge in [0.25, 0.3) is 0 Å². The first-order valence-corrected chi connectivity index (χ1v) is 6.28. The molecule has 0 aromatic rings. The summed E-state index contributed by atoms with van der Waals surface area (Å²) in [6, 6.07) is 0. The van der Waals surface area contributed by atoms with Crippen molar-refractivity contribution in [2.24, 2.45) is 5.92 Å². The molecule has 1 amide bonds. The highest BCUT2D eigenvalue weighted by Gasteiger charge is 2.26. The Bertz CT molecular complexity index is 176. The van der Waals surface area contributed by atoms with Gasteiger partial charge in [-0.15, -0.1) is 0 Å². The number of hydrogen-bond acceptors (Lipinski definition) is 1. The largest absolute Gasteiger partial charge is 0.346 e. The average molecular weight is 295 g/mol. The molecule has 0 aliphatic heterocycles. The van der Waals surface area contributed by atoms with Crippen LogP contribution in [0.3, 0.4) is 0 Å². The molecule has 1 fully saturated rings. The van der Waals surface area contributed by atoms with E-state index in [0.717, 1.165) is 23.3 Å². The fourth-order valence-corrected chi connectivity index (χ4v) is 2.49. The quantitative estimate of drug-likeness (QED) is 0.566. The van der Waals surface area contributed by atoms with Crippen molar-refractivity contribution in [1.29, 1.82) is 0 Å². The Balaban J connectivity index is 2.40. The van der Waals surface area contributed by atoms with Gasteiger partial charge in [0.15, 0.2) is 0 Å². The topological polar surface area (TPSA) is 20.3 Å². The molecule has 76 valence electrons. The minimum Gasteiger partial charge on any atom is -0.346 e. The van der Waals surface area contributed by atoms with E-state index in [0.29, 0.717) is 11.8 Å². The minimum atomic E-state index is 0.316. The number of alkyl halides is 1. The smallest absolute Gasteiger partial charge is 0.225 e. The van der Waals surface area contributed by atoms with Crippen molar-refractivity contribution in [3.63, 3.8) is 0 Å². The summed E-state index contributed by atoms with van der Waals surface area (Å²) < 4.78 is 0.800. The molecular weight excluding hydrogens is 277 g/mol. The molecule has 0 atom stereocenters. The molecular formula is C10H18INO. The van der Waals surface area contributed by atoms with Crippen LogP contribution in [0.1, 0.15) is 32.6 Å². The van der Waals surface area contributed by atoms with Crippen LogP contribution in [-0.2, 0) is 4.79 Å². The van der Waals surface area contributed by atoms with E-state index in [1.54, 1.807) is 0 Å². The van der Waals surface area contributed by atoms with Gasteiger partial charge in [-0.25, -0.2) is 0 Å². The fourth-order valence-electron chi connectivity index (χ4n) is 1.77. The maximum Gasteiger partial charge on any atom is 0.225 e. The fraction of sp³-hybridized carbons (Fsp3) is 0.900. The van der Waals surface area contributed by atoms with Crippen LogP contribution in [0, 0.1) is 5.92 Å². The summed E-state index contributed by atoms with van der Waals surface area (Å²) in [5.41, 5.74) is 0. The molecule has 1 aliphatic rings. The van der Waals surface area contributed by atoms with Gasteiger partial charge in [0.1, 0.15) is 0 Å². The first-order valence-electron chi connectivity index (χ1n) is 5.04. The SMILES string of the molecule is CCN(C)C(=O)C1CCC(I)CC1. The number of hydrogen-bond donors (Lipinski definition) is 0. The first kappa shape index (κ1) is 11.3. The maximum absolute atomic E-state index is 11.8. The molecule has 0 unspecified atom stereocenters. The average Bonchev–Trinajstić information content (AvgIpc) is 2.17. The van der Waals surface area contributed by atoms with Crippen LogP contribution in [0.25, 0.3) is 0 Å². The van der Waals surface area contributed by atoms with Gasteiger partial charge in [-0.1, -0.05) is 22.6 Å². The number of carbonyl (C=O) groups is 1. The predicted octanol–water partition coefficient (Wildman–Crippen LogP) is 2.46. The van der Waals surface area contributed by atoms with E-state index >= 15 is 0 Å². The van der Waals surface area contributed by atoms with E-state index < -0.39 is 0 Å². The van der Waals surface area contributed by atoms with Gasteiger partial charge in [-0.2, -0.15) is 0 Å². The molecule has 1 aliphatic carbocycles. The second-order valence-electron chi connectivity index (χ2n) is 3.80. The van der Waals surface area contributed by atoms with Crippen molar-refractivity contribution in [3.8, 4) is 0 Å². The Labute approximate surface area is 94.2 Å². The Kier molecular flexibility index (Phi) is 4.49. The van der Waals surface area contributed by atoms with Crippen LogP contribution >= 0.6 is 22.6 Å². The van der Waals surface area contributed by atoms with Gasteiger partial charge in [0.05, 0.1) is 0 Å². The van der Waals surface area contributed by atoms with Gasteiger partial charge in [0.2, 0.25) is 5.91 Å². The van der Waals surface area contributed by atoms with E-state index in [4.69, 9.17) is 0 Å². The highest BCUT2D eigenvalue weighted by Crippen LogP contribution is 2.29. The van der Waals surface area contributed by atoms with Crippen LogP contribution in [-0.4, -0.2) is 28.3 Å². The minimum absolute atomic E-state index is 0.316. The summed E-state index contributed by atoms with van der Waals surface area (Å²) >= 11 is 2.49. The van der Waals surface area contributed by atoms with E-state index in [1.165, 1.54) is 12.8 Å². The molecule has 2 nitrogen and oxygen atoms in total. The van der Waals surface area contributed by atoms with Crippen LogP contribution in [0.15, 0.2) is 0 Å². The molecule has 13 heavy (non-hydrogen) atoms. The zero-order valence-electron chi connectivity index (χ0n) is 8.42. The van der Waals surface area contributed by atoms with Gasteiger partial charge < -0.3 is 4.90 Å². The summed E-state index contributed by atoms with van der Waals surface area (Å²) in [5, 5.41) is 0. The van der Waals surface area contributed by atoms with Crippen LogP contribution in [0.2, 0.25) is 0 Å². The van der Waals surface area contributed by atoms with Crippen molar-refractivity contribution < 1.29 is 4.79 Å². The lowest BCUT2D eigenvalue weighted by Crippen LogP contribution is -2.34. The molecule has 0 saturated heterocycles. The highest BCUT2D eigenvalue weighted by molar-refractivity contribution is 14.1. The van der Waals surface area contributed by atoms with Crippen molar-refractivity contribution in [1.82, 2.24) is 4.90 Å². The van der Waals surface area contributed by atoms with Crippen molar-refractivity contribution in [3.05, 3.63) is 0 Å². The third-order valence-corrected chi connectivity index (χ3v) is 4.10. The molecule has 0 N–H and O–H groups in total. The Morgan fingerprint density at radius 1 is 1.38 bits per heavy atom. The molecule has 0 heterocycles. The summed E-state index contributed by atoms with van der Waals surface area (Å²) in [6.07, 6.45) is 4.62. The first-order chi connectivity index (χ1) is 6.15. The lowest BCUT2D eigenvalue weighted by molar-refractivity contribution is -0.134. The molecule has 1 saturated carbocycles. The second-order valence-corrected chi connectivity index (χ2v) is 5.56. The molecule has 0 aromatic carbocycles. The summed E-state index contributed by atoms with van der Waals surface area (Å²) in [6.45, 7) is 2.87. The molecule has 0 radical (unpaired) electrons. The normalized spacial score (nSPS) is 28.5. The van der Waals surface area contributed by atoms with Crippen LogP contribution in [0.5, 0.6) is 0 Å². The van der Waals surface area contributed by atoms with Gasteiger partial charge >= 0.3 is 0 Å². The third kappa shape index (κ3) is 3.11. The maximum atomic E-state index is 11.8. The predicted molar refractivity (Wildman–Crippen MR) is 63.1 cm³/mol. The Morgan fingerprint density at radius 2 is 1.92 bits per heavy atom. The van der Waals surface area contributed by atoms with E-state index in [1.807, 2.05) is 18.9 Å². The van der Waals surface area contributed by atoms with Crippen molar-refractivity contribution in [2.75, 3.05) is 13.6 Å².